The Labute approximate surface area is 148 Å². The number of benzene rings is 1. The molecule has 4 rings (SSSR count). The van der Waals surface area contributed by atoms with Crippen molar-refractivity contribution in [2.24, 2.45) is 0 Å². The Morgan fingerprint density at radius 1 is 1.36 bits per heavy atom. The number of Topliss-reactive ketones (excluding diaryl/α,β-unsaturated/α-hetero) is 1. The number of nitrogens with one attached hydrogen (secondary N) is 1. The van der Waals surface area contributed by atoms with Crippen molar-refractivity contribution in [2.45, 2.75) is 57.1 Å². The van der Waals surface area contributed by atoms with Gasteiger partial charge >= 0.3 is 0 Å². The Morgan fingerprint density at radius 3 is 2.88 bits per heavy atom. The standard InChI is InChI=1S/C20H26N2O3/c1-13-5-6-16-14(11-13)20(2)8-7-15(23)18(19(20)25-16)21-17(24)12-22-9-3-4-10-22/h5-6,11,18-19H,3-4,7-10,12H2,1-2H3,(H,21,24)/t18-,19-,20-/m0/s1. The summed E-state index contributed by atoms with van der Waals surface area (Å²) in [5.41, 5.74) is 2.14. The van der Waals surface area contributed by atoms with Gasteiger partial charge in [0.2, 0.25) is 5.91 Å². The zero-order valence-corrected chi connectivity index (χ0v) is 15.0. The Bertz CT molecular complexity index is 711. The first-order chi connectivity index (χ1) is 12.0. The molecule has 3 aliphatic rings. The maximum Gasteiger partial charge on any atom is 0.234 e. The molecule has 1 saturated heterocycles. The number of ether oxygens (including phenoxy) is 1. The van der Waals surface area contributed by atoms with E-state index in [1.54, 1.807) is 0 Å². The van der Waals surface area contributed by atoms with Crippen LogP contribution >= 0.6 is 0 Å². The lowest BCUT2D eigenvalue weighted by atomic mass is 9.67. The minimum Gasteiger partial charge on any atom is -0.487 e. The maximum absolute atomic E-state index is 12.6. The van der Waals surface area contributed by atoms with Gasteiger partial charge in [-0.2, -0.15) is 0 Å². The molecule has 134 valence electrons. The SMILES string of the molecule is Cc1ccc2c(c1)[C@]1(C)CCC(=O)[C@H](NC(=O)CN3CCCC3)[C@@H]1O2. The predicted octanol–water partition coefficient (Wildman–Crippen LogP) is 1.96. The number of likely N-dealkylation sites (tertiary alicyclic amines) is 1. The number of hydrogen-bond donors (Lipinski definition) is 1. The molecular formula is C20H26N2O3. The van der Waals surface area contributed by atoms with E-state index in [2.05, 4.69) is 30.1 Å². The zero-order valence-electron chi connectivity index (χ0n) is 15.0. The molecule has 0 radical (unpaired) electrons. The molecule has 0 spiro atoms. The molecule has 2 heterocycles. The first-order valence-corrected chi connectivity index (χ1v) is 9.29. The Morgan fingerprint density at radius 2 is 2.12 bits per heavy atom. The second-order valence-corrected chi connectivity index (χ2v) is 7.95. The van der Waals surface area contributed by atoms with Gasteiger partial charge in [-0.1, -0.05) is 24.6 Å². The molecule has 0 aromatic heterocycles. The molecule has 2 aliphatic heterocycles. The number of amides is 1. The summed E-state index contributed by atoms with van der Waals surface area (Å²) in [5.74, 6) is 0.869. The van der Waals surface area contributed by atoms with Crippen molar-refractivity contribution < 1.29 is 14.3 Å². The number of fused-ring (bicyclic) bond motifs is 3. The maximum atomic E-state index is 12.6. The van der Waals surface area contributed by atoms with Crippen LogP contribution in [-0.4, -0.2) is 48.4 Å². The van der Waals surface area contributed by atoms with Crippen LogP contribution in [0, 0.1) is 6.92 Å². The van der Waals surface area contributed by atoms with Crippen molar-refractivity contribution >= 4 is 11.7 Å². The molecule has 2 fully saturated rings. The quantitative estimate of drug-likeness (QED) is 0.912. The van der Waals surface area contributed by atoms with E-state index in [-0.39, 0.29) is 23.2 Å². The summed E-state index contributed by atoms with van der Waals surface area (Å²) in [7, 11) is 0. The van der Waals surface area contributed by atoms with Crippen molar-refractivity contribution in [2.75, 3.05) is 19.6 Å². The van der Waals surface area contributed by atoms with E-state index in [1.165, 1.54) is 11.1 Å². The molecule has 3 atom stereocenters. The average molecular weight is 342 g/mol. The van der Waals surface area contributed by atoms with Gasteiger partial charge in [-0.25, -0.2) is 0 Å². The molecule has 1 aliphatic carbocycles. The Kier molecular flexibility index (Phi) is 4.07. The third-order valence-electron chi connectivity index (χ3n) is 6.06. The molecule has 1 amide bonds. The van der Waals surface area contributed by atoms with E-state index in [0.717, 1.165) is 38.1 Å². The molecule has 1 aromatic carbocycles. The van der Waals surface area contributed by atoms with Crippen molar-refractivity contribution in [3.63, 3.8) is 0 Å². The van der Waals surface area contributed by atoms with Crippen molar-refractivity contribution in [1.82, 2.24) is 10.2 Å². The summed E-state index contributed by atoms with van der Waals surface area (Å²) in [6, 6.07) is 5.62. The molecule has 0 unspecified atom stereocenters. The summed E-state index contributed by atoms with van der Waals surface area (Å²) in [6.45, 7) is 6.54. The van der Waals surface area contributed by atoms with Gasteiger partial charge in [0.1, 0.15) is 17.9 Å². The monoisotopic (exact) mass is 342 g/mol. The number of rotatable bonds is 3. The van der Waals surface area contributed by atoms with Crippen molar-refractivity contribution in [3.8, 4) is 5.75 Å². The third-order valence-corrected chi connectivity index (χ3v) is 6.06. The van der Waals surface area contributed by atoms with E-state index >= 15 is 0 Å². The Balaban J connectivity index is 1.54. The van der Waals surface area contributed by atoms with E-state index in [0.29, 0.717) is 13.0 Å². The van der Waals surface area contributed by atoms with E-state index in [4.69, 9.17) is 4.74 Å². The van der Waals surface area contributed by atoms with E-state index < -0.39 is 6.04 Å². The van der Waals surface area contributed by atoms with Gasteiger partial charge in [0.25, 0.3) is 0 Å². The number of hydrogen-bond acceptors (Lipinski definition) is 4. The smallest absolute Gasteiger partial charge is 0.234 e. The zero-order chi connectivity index (χ0) is 17.6. The van der Waals surface area contributed by atoms with Crippen LogP contribution < -0.4 is 10.1 Å². The van der Waals surface area contributed by atoms with Gasteiger partial charge < -0.3 is 10.1 Å². The number of ketones is 1. The summed E-state index contributed by atoms with van der Waals surface area (Å²) < 4.78 is 6.17. The van der Waals surface area contributed by atoms with Crippen LogP contribution in [0.25, 0.3) is 0 Å². The lowest BCUT2D eigenvalue weighted by Crippen LogP contribution is -2.60. The Hall–Kier alpha value is -1.88. The van der Waals surface area contributed by atoms with Crippen LogP contribution in [0.15, 0.2) is 18.2 Å². The second-order valence-electron chi connectivity index (χ2n) is 7.95. The van der Waals surface area contributed by atoms with Crippen molar-refractivity contribution in [3.05, 3.63) is 29.3 Å². The lowest BCUT2D eigenvalue weighted by Gasteiger charge is -2.39. The number of aryl methyl sites for hydroxylation is 1. The van der Waals surface area contributed by atoms with Crippen LogP contribution in [0.1, 0.15) is 43.7 Å². The number of carbonyl (C=O) groups excluding carboxylic acids is 2. The van der Waals surface area contributed by atoms with Gasteiger partial charge in [-0.3, -0.25) is 14.5 Å². The summed E-state index contributed by atoms with van der Waals surface area (Å²) in [5, 5.41) is 2.99. The molecule has 1 N–H and O–H groups in total. The highest BCUT2D eigenvalue weighted by Crippen LogP contribution is 2.49. The summed E-state index contributed by atoms with van der Waals surface area (Å²) in [4.78, 5) is 27.2. The summed E-state index contributed by atoms with van der Waals surface area (Å²) in [6.07, 6.45) is 3.24. The van der Waals surface area contributed by atoms with Gasteiger partial charge in [0, 0.05) is 17.4 Å². The first-order valence-electron chi connectivity index (χ1n) is 9.29. The predicted molar refractivity (Wildman–Crippen MR) is 94.8 cm³/mol. The number of carbonyl (C=O) groups is 2. The molecule has 1 saturated carbocycles. The van der Waals surface area contributed by atoms with Crippen LogP contribution in [0.2, 0.25) is 0 Å². The largest absolute Gasteiger partial charge is 0.487 e. The minimum absolute atomic E-state index is 0.0692. The molecule has 5 heteroatoms. The highest BCUT2D eigenvalue weighted by molar-refractivity contribution is 5.91. The highest BCUT2D eigenvalue weighted by atomic mass is 16.5. The van der Waals surface area contributed by atoms with Crippen molar-refractivity contribution in [1.29, 1.82) is 0 Å². The van der Waals surface area contributed by atoms with Crippen LogP contribution in [-0.2, 0) is 15.0 Å². The van der Waals surface area contributed by atoms with Crippen LogP contribution in [0.4, 0.5) is 0 Å². The molecule has 5 nitrogen and oxygen atoms in total. The fourth-order valence-corrected chi connectivity index (χ4v) is 4.55. The first kappa shape index (κ1) is 16.6. The molecule has 1 aromatic rings. The molecular weight excluding hydrogens is 316 g/mol. The number of nitrogens with zero attached hydrogens (tertiary/aromatic N) is 1. The van der Waals surface area contributed by atoms with Crippen LogP contribution in [0.3, 0.4) is 0 Å². The van der Waals surface area contributed by atoms with E-state index in [1.807, 2.05) is 12.1 Å². The second kappa shape index (κ2) is 6.13. The third kappa shape index (κ3) is 2.84. The highest BCUT2D eigenvalue weighted by Gasteiger charge is 2.54. The van der Waals surface area contributed by atoms with Gasteiger partial charge in [-0.05, 0) is 45.3 Å². The van der Waals surface area contributed by atoms with Gasteiger partial charge in [0.15, 0.2) is 5.78 Å². The topological polar surface area (TPSA) is 58.6 Å². The fourth-order valence-electron chi connectivity index (χ4n) is 4.55. The fraction of sp³-hybridized carbons (Fsp3) is 0.600. The summed E-state index contributed by atoms with van der Waals surface area (Å²) >= 11 is 0. The van der Waals surface area contributed by atoms with Crippen LogP contribution in [0.5, 0.6) is 5.75 Å². The molecule has 25 heavy (non-hydrogen) atoms. The lowest BCUT2D eigenvalue weighted by molar-refractivity contribution is -0.133. The van der Waals surface area contributed by atoms with Gasteiger partial charge in [-0.15, -0.1) is 0 Å². The van der Waals surface area contributed by atoms with E-state index in [9.17, 15) is 9.59 Å². The molecule has 0 bridgehead atoms. The minimum atomic E-state index is -0.554. The average Bonchev–Trinajstić information content (AvgIpc) is 3.17. The van der Waals surface area contributed by atoms with Gasteiger partial charge in [0.05, 0.1) is 6.54 Å². The normalized spacial score (nSPS) is 31.4.